The van der Waals surface area contributed by atoms with Crippen LogP contribution in [0.15, 0.2) is 57.9 Å². The zero-order chi connectivity index (χ0) is 30.6. The lowest BCUT2D eigenvalue weighted by Gasteiger charge is -2.43. The molecule has 1 fully saturated rings. The summed E-state index contributed by atoms with van der Waals surface area (Å²) in [5, 5.41) is 0.129. The fraction of sp³-hybridized carbons (Fsp3) is 0.345. The maximum Gasteiger partial charge on any atom is 0.303 e. The van der Waals surface area contributed by atoms with Crippen LogP contribution in [0, 0.1) is 5.82 Å². The Hall–Kier alpha value is -4.78. The second-order valence-corrected chi connectivity index (χ2v) is 9.30. The Morgan fingerprint density at radius 3 is 2.10 bits per heavy atom. The first-order valence-electron chi connectivity index (χ1n) is 12.7. The van der Waals surface area contributed by atoms with Crippen LogP contribution in [0.3, 0.4) is 0 Å². The van der Waals surface area contributed by atoms with Crippen LogP contribution in [0.5, 0.6) is 5.75 Å². The predicted octanol–water partition coefficient (Wildman–Crippen LogP) is 3.06. The molecule has 1 aliphatic heterocycles. The van der Waals surface area contributed by atoms with E-state index in [1.807, 2.05) is 0 Å². The predicted molar refractivity (Wildman–Crippen MR) is 140 cm³/mol. The third kappa shape index (κ3) is 6.92. The molecule has 2 aromatic carbocycles. The number of halogens is 1. The molecule has 4 rings (SSSR count). The molecule has 3 aromatic rings. The Kier molecular flexibility index (Phi) is 9.21. The van der Waals surface area contributed by atoms with E-state index in [0.29, 0.717) is 0 Å². The fourth-order valence-electron chi connectivity index (χ4n) is 4.47. The van der Waals surface area contributed by atoms with Gasteiger partial charge in [0.15, 0.2) is 12.2 Å². The fourth-order valence-corrected chi connectivity index (χ4v) is 4.47. The molecule has 2 heterocycles. The van der Waals surface area contributed by atoms with Crippen molar-refractivity contribution in [2.45, 2.75) is 58.4 Å². The normalized spacial score (nSPS) is 21.7. The van der Waals surface area contributed by atoms with E-state index in [1.165, 1.54) is 36.4 Å². The van der Waals surface area contributed by atoms with E-state index < -0.39 is 72.4 Å². The van der Waals surface area contributed by atoms with Gasteiger partial charge in [-0.25, -0.2) is 4.39 Å². The van der Waals surface area contributed by atoms with E-state index >= 15 is 0 Å². The number of carbonyl (C=O) groups is 4. The van der Waals surface area contributed by atoms with Crippen molar-refractivity contribution in [2.24, 2.45) is 0 Å². The zero-order valence-corrected chi connectivity index (χ0v) is 23.0. The summed E-state index contributed by atoms with van der Waals surface area (Å²) in [7, 11) is 0. The summed E-state index contributed by atoms with van der Waals surface area (Å²) in [6.45, 7) is 4.04. The van der Waals surface area contributed by atoms with Gasteiger partial charge in [-0.2, -0.15) is 0 Å². The van der Waals surface area contributed by atoms with Crippen LogP contribution in [-0.4, -0.2) is 61.2 Å². The molecule has 0 radical (unpaired) electrons. The van der Waals surface area contributed by atoms with Crippen molar-refractivity contribution in [1.29, 1.82) is 0 Å². The van der Waals surface area contributed by atoms with Gasteiger partial charge in [0.05, 0.1) is 10.9 Å². The summed E-state index contributed by atoms with van der Waals surface area (Å²) in [5.74, 6) is -3.53. The highest BCUT2D eigenvalue weighted by Gasteiger charge is 2.53. The van der Waals surface area contributed by atoms with E-state index in [4.69, 9.17) is 32.8 Å². The number of carbonyl (C=O) groups excluding carboxylic acids is 4. The highest BCUT2D eigenvalue weighted by Crippen LogP contribution is 2.32. The van der Waals surface area contributed by atoms with Crippen molar-refractivity contribution in [3.8, 4) is 16.9 Å². The Labute approximate surface area is 238 Å². The highest BCUT2D eigenvalue weighted by molar-refractivity contribution is 5.82. The molecular formula is C29H27FO12. The number of esters is 4. The molecule has 0 aliphatic carbocycles. The molecule has 1 aromatic heterocycles. The molecule has 5 atom stereocenters. The maximum atomic E-state index is 14.3. The number of ether oxygens (including phenoxy) is 6. The van der Waals surface area contributed by atoms with Crippen LogP contribution < -0.4 is 10.2 Å². The average Bonchev–Trinajstić information content (AvgIpc) is 2.91. The van der Waals surface area contributed by atoms with Gasteiger partial charge < -0.3 is 32.8 Å². The first kappa shape index (κ1) is 30.2. The summed E-state index contributed by atoms with van der Waals surface area (Å²) in [6, 6.07) is 9.92. The van der Waals surface area contributed by atoms with Crippen molar-refractivity contribution in [3.63, 3.8) is 0 Å². The molecule has 12 nitrogen and oxygen atoms in total. The van der Waals surface area contributed by atoms with Gasteiger partial charge in [0.1, 0.15) is 36.1 Å². The molecule has 0 amide bonds. The Balaban J connectivity index is 1.71. The third-order valence-corrected chi connectivity index (χ3v) is 6.11. The van der Waals surface area contributed by atoms with Crippen LogP contribution >= 0.6 is 0 Å². The number of hydrogen-bond acceptors (Lipinski definition) is 12. The maximum absolute atomic E-state index is 14.3. The first-order chi connectivity index (χ1) is 19.9. The minimum atomic E-state index is -1.48. The van der Waals surface area contributed by atoms with Crippen LogP contribution in [0.25, 0.3) is 22.1 Å². The number of benzene rings is 2. The molecule has 0 saturated carbocycles. The van der Waals surface area contributed by atoms with Crippen molar-refractivity contribution in [1.82, 2.24) is 0 Å². The van der Waals surface area contributed by atoms with Crippen LogP contribution in [0.2, 0.25) is 0 Å². The van der Waals surface area contributed by atoms with Gasteiger partial charge in [-0.3, -0.25) is 24.0 Å². The second-order valence-electron chi connectivity index (χ2n) is 9.30. The minimum Gasteiger partial charge on any atom is -0.463 e. The van der Waals surface area contributed by atoms with E-state index in [1.54, 1.807) is 6.07 Å². The van der Waals surface area contributed by atoms with Crippen molar-refractivity contribution in [2.75, 3.05) is 6.61 Å². The van der Waals surface area contributed by atoms with E-state index in [-0.39, 0.29) is 27.8 Å². The third-order valence-electron chi connectivity index (χ3n) is 6.11. The van der Waals surface area contributed by atoms with Gasteiger partial charge in [-0.05, 0) is 18.2 Å². The Morgan fingerprint density at radius 2 is 1.45 bits per heavy atom. The van der Waals surface area contributed by atoms with Gasteiger partial charge >= 0.3 is 23.9 Å². The lowest BCUT2D eigenvalue weighted by molar-refractivity contribution is -0.288. The van der Waals surface area contributed by atoms with Crippen molar-refractivity contribution >= 4 is 34.8 Å². The van der Waals surface area contributed by atoms with Gasteiger partial charge in [-0.15, -0.1) is 0 Å². The topological polar surface area (TPSA) is 154 Å². The van der Waals surface area contributed by atoms with Crippen LogP contribution in [0.1, 0.15) is 27.7 Å². The summed E-state index contributed by atoms with van der Waals surface area (Å²) in [5.41, 5.74) is -0.303. The van der Waals surface area contributed by atoms with E-state index in [0.717, 1.165) is 34.0 Å². The number of fused-ring (bicyclic) bond motifs is 1. The average molecular weight is 587 g/mol. The van der Waals surface area contributed by atoms with E-state index in [9.17, 15) is 28.4 Å². The lowest BCUT2D eigenvalue weighted by Crippen LogP contribution is -2.63. The largest absolute Gasteiger partial charge is 0.463 e. The molecule has 222 valence electrons. The first-order valence-corrected chi connectivity index (χ1v) is 12.7. The Morgan fingerprint density at radius 1 is 0.810 bits per heavy atom. The van der Waals surface area contributed by atoms with Gasteiger partial charge in [-0.1, -0.05) is 18.2 Å². The van der Waals surface area contributed by atoms with Crippen LogP contribution in [-0.2, 0) is 42.9 Å². The van der Waals surface area contributed by atoms with Gasteiger partial charge in [0.2, 0.25) is 17.8 Å². The van der Waals surface area contributed by atoms with Crippen molar-refractivity contribution < 1.29 is 56.4 Å². The quantitative estimate of drug-likeness (QED) is 0.281. The molecule has 1 aliphatic rings. The van der Waals surface area contributed by atoms with Gasteiger partial charge in [0, 0.05) is 39.3 Å². The molecule has 0 N–H and O–H groups in total. The summed E-state index contributed by atoms with van der Waals surface area (Å²) in [6.07, 6.45) is -5.78. The summed E-state index contributed by atoms with van der Waals surface area (Å²) in [4.78, 5) is 60.6. The number of hydrogen-bond donors (Lipinski definition) is 0. The minimum absolute atomic E-state index is 0.0221. The smallest absolute Gasteiger partial charge is 0.303 e. The molecule has 1 saturated heterocycles. The zero-order valence-electron chi connectivity index (χ0n) is 23.0. The molecule has 13 heteroatoms. The van der Waals surface area contributed by atoms with Crippen LogP contribution in [0.4, 0.5) is 4.39 Å². The van der Waals surface area contributed by atoms with E-state index in [2.05, 4.69) is 0 Å². The molecule has 0 bridgehead atoms. The summed E-state index contributed by atoms with van der Waals surface area (Å²) >= 11 is 0. The summed E-state index contributed by atoms with van der Waals surface area (Å²) < 4.78 is 53.0. The Bertz CT molecular complexity index is 1560. The molecule has 0 unspecified atom stereocenters. The molecular weight excluding hydrogens is 559 g/mol. The van der Waals surface area contributed by atoms with Crippen molar-refractivity contribution in [3.05, 3.63) is 64.8 Å². The van der Waals surface area contributed by atoms with Gasteiger partial charge in [0.25, 0.3) is 0 Å². The molecule has 42 heavy (non-hydrogen) atoms. The standard InChI is InChI=1S/C29H27FO12/c1-14(31)36-13-24-26(38-15(2)32)27(39-16(3)33)28(40-17(4)34)29(42-24)41-18-9-10-20-23(11-18)37-12-21(25(20)35)19-7-5-6-8-22(19)30/h5-12,24,26-29H,13H2,1-4H3/t24-,26-,27+,28+,29-/m1/s1. The monoisotopic (exact) mass is 586 g/mol. The molecule has 0 spiro atoms. The second kappa shape index (κ2) is 12.8. The highest BCUT2D eigenvalue weighted by atomic mass is 19.1. The lowest BCUT2D eigenvalue weighted by atomic mass is 9.98. The number of rotatable bonds is 8. The SMILES string of the molecule is CC(=O)OC[C@H]1O[C@@H](Oc2ccc3c(=O)c(-c4ccccc4F)coc3c2)[C@@H](OC(C)=O)[C@@H](OC(C)=O)[C@@H]1OC(C)=O.